The molecule has 0 atom stereocenters. The van der Waals surface area contributed by atoms with Gasteiger partial charge < -0.3 is 19.7 Å². The van der Waals surface area contributed by atoms with E-state index < -0.39 is 17.3 Å². The molecule has 0 bridgehead atoms. The zero-order valence-corrected chi connectivity index (χ0v) is 17.0. The summed E-state index contributed by atoms with van der Waals surface area (Å²) in [5, 5.41) is 12.6. The fraction of sp³-hybridized carbons (Fsp3) is 0.222. The third-order valence-corrected chi connectivity index (χ3v) is 4.66. The molecular formula is C18H17FIN3O4. The highest BCUT2D eigenvalue weighted by atomic mass is 127. The Kier molecular flexibility index (Phi) is 5.24. The van der Waals surface area contributed by atoms with E-state index >= 15 is 0 Å². The van der Waals surface area contributed by atoms with E-state index in [-0.39, 0.29) is 28.0 Å². The summed E-state index contributed by atoms with van der Waals surface area (Å²) in [6.45, 7) is 0.408. The number of hydrogen-bond acceptors (Lipinski definition) is 5. The summed E-state index contributed by atoms with van der Waals surface area (Å²) in [5.74, 6) is -1.42. The first kappa shape index (κ1) is 19.4. The monoisotopic (exact) mass is 485 g/mol. The number of anilines is 2. The first-order chi connectivity index (χ1) is 12.7. The van der Waals surface area contributed by atoms with Crippen LogP contribution in [0.1, 0.15) is 16.1 Å². The number of furan rings is 1. The molecule has 0 amide bonds. The summed E-state index contributed by atoms with van der Waals surface area (Å²) in [6.07, 6.45) is 0. The number of carbonyl (C=O) groups is 1. The predicted octanol–water partition coefficient (Wildman–Crippen LogP) is 3.38. The van der Waals surface area contributed by atoms with Crippen molar-refractivity contribution >= 4 is 51.0 Å². The SMILES string of the molecule is CN(C)Cc1cc2c(=O)n(C)c(Nc3ccc(I)cc3F)c(C(=O)O)c2o1. The largest absolute Gasteiger partial charge is 0.477 e. The van der Waals surface area contributed by atoms with E-state index in [1.54, 1.807) is 12.1 Å². The molecule has 2 N–H and O–H groups in total. The molecule has 0 aliphatic carbocycles. The molecule has 9 heteroatoms. The van der Waals surface area contributed by atoms with Gasteiger partial charge in [0.15, 0.2) is 5.58 Å². The van der Waals surface area contributed by atoms with Crippen molar-refractivity contribution in [2.45, 2.75) is 6.54 Å². The number of nitrogens with zero attached hydrogens (tertiary/aromatic N) is 2. The van der Waals surface area contributed by atoms with E-state index in [4.69, 9.17) is 4.42 Å². The van der Waals surface area contributed by atoms with Crippen LogP contribution in [-0.2, 0) is 13.6 Å². The summed E-state index contributed by atoms with van der Waals surface area (Å²) in [6, 6.07) is 6.00. The molecule has 0 spiro atoms. The van der Waals surface area contributed by atoms with Crippen molar-refractivity contribution in [3.05, 3.63) is 55.3 Å². The van der Waals surface area contributed by atoms with Crippen LogP contribution in [0.3, 0.4) is 0 Å². The minimum Gasteiger partial charge on any atom is -0.477 e. The lowest BCUT2D eigenvalue weighted by atomic mass is 10.1. The number of hydrogen-bond donors (Lipinski definition) is 2. The summed E-state index contributed by atoms with van der Waals surface area (Å²) >= 11 is 1.97. The Balaban J connectivity index is 2.25. The molecule has 7 nitrogen and oxygen atoms in total. The van der Waals surface area contributed by atoms with E-state index in [0.717, 1.165) is 4.57 Å². The molecular weight excluding hydrogens is 468 g/mol. The Bertz CT molecular complexity index is 1100. The number of fused-ring (bicyclic) bond motifs is 1. The second kappa shape index (κ2) is 7.31. The Morgan fingerprint density at radius 3 is 2.67 bits per heavy atom. The van der Waals surface area contributed by atoms with Crippen molar-refractivity contribution in [2.24, 2.45) is 7.05 Å². The molecule has 1 aromatic carbocycles. The first-order valence-corrected chi connectivity index (χ1v) is 9.02. The van der Waals surface area contributed by atoms with E-state index in [1.165, 1.54) is 19.2 Å². The second-order valence-corrected chi connectivity index (χ2v) is 7.58. The highest BCUT2D eigenvalue weighted by molar-refractivity contribution is 14.1. The molecule has 2 heterocycles. The summed E-state index contributed by atoms with van der Waals surface area (Å²) in [7, 11) is 5.09. The fourth-order valence-corrected chi connectivity index (χ4v) is 3.25. The first-order valence-electron chi connectivity index (χ1n) is 7.94. The molecule has 0 unspecified atom stereocenters. The number of aromatic carboxylic acids is 1. The van der Waals surface area contributed by atoms with Gasteiger partial charge in [-0.3, -0.25) is 9.36 Å². The lowest BCUT2D eigenvalue weighted by molar-refractivity contribution is 0.0698. The van der Waals surface area contributed by atoms with Gasteiger partial charge >= 0.3 is 5.97 Å². The van der Waals surface area contributed by atoms with Gasteiger partial charge in [0.25, 0.3) is 5.56 Å². The quantitative estimate of drug-likeness (QED) is 0.539. The number of rotatable bonds is 5. The molecule has 0 saturated carbocycles. The van der Waals surface area contributed by atoms with Gasteiger partial charge in [-0.15, -0.1) is 0 Å². The standard InChI is InChI=1S/C18H17FIN3O4/c1-22(2)8-10-7-11-15(27-10)14(18(25)26)16(23(3)17(11)24)21-13-5-4-9(20)6-12(13)19/h4-7,21H,8H2,1-3H3,(H,25,26). The van der Waals surface area contributed by atoms with Crippen molar-refractivity contribution in [1.82, 2.24) is 9.47 Å². The maximum Gasteiger partial charge on any atom is 0.343 e. The molecule has 3 aromatic rings. The van der Waals surface area contributed by atoms with E-state index in [1.807, 2.05) is 41.6 Å². The second-order valence-electron chi connectivity index (χ2n) is 6.34. The van der Waals surface area contributed by atoms with Crippen molar-refractivity contribution in [2.75, 3.05) is 19.4 Å². The molecule has 0 saturated heterocycles. The van der Waals surface area contributed by atoms with Crippen LogP contribution >= 0.6 is 22.6 Å². The van der Waals surface area contributed by atoms with Crippen LogP contribution in [0.4, 0.5) is 15.9 Å². The molecule has 0 radical (unpaired) electrons. The van der Waals surface area contributed by atoms with Crippen LogP contribution < -0.4 is 10.9 Å². The lowest BCUT2D eigenvalue weighted by Crippen LogP contribution is -2.23. The number of halogens is 2. The van der Waals surface area contributed by atoms with Crippen molar-refractivity contribution in [1.29, 1.82) is 0 Å². The van der Waals surface area contributed by atoms with Crippen LogP contribution in [0.15, 0.2) is 33.5 Å². The predicted molar refractivity (Wildman–Crippen MR) is 108 cm³/mol. The summed E-state index contributed by atoms with van der Waals surface area (Å²) in [4.78, 5) is 26.5. The highest BCUT2D eigenvalue weighted by Crippen LogP contribution is 2.30. The Labute approximate surface area is 167 Å². The molecule has 142 valence electrons. The van der Waals surface area contributed by atoms with Gasteiger partial charge in [0.05, 0.1) is 17.6 Å². The number of pyridine rings is 1. The van der Waals surface area contributed by atoms with Crippen LogP contribution in [0.25, 0.3) is 11.0 Å². The lowest BCUT2D eigenvalue weighted by Gasteiger charge is -2.15. The number of carboxylic acids is 1. The molecule has 0 aliphatic rings. The van der Waals surface area contributed by atoms with Crippen LogP contribution in [-0.4, -0.2) is 34.6 Å². The number of benzene rings is 1. The normalized spacial score (nSPS) is 11.3. The Morgan fingerprint density at radius 2 is 2.07 bits per heavy atom. The maximum absolute atomic E-state index is 14.2. The van der Waals surface area contributed by atoms with Gasteiger partial charge in [0.2, 0.25) is 0 Å². The van der Waals surface area contributed by atoms with E-state index in [2.05, 4.69) is 5.32 Å². The van der Waals surface area contributed by atoms with E-state index in [9.17, 15) is 19.1 Å². The van der Waals surface area contributed by atoms with Crippen molar-refractivity contribution in [3.63, 3.8) is 0 Å². The molecule has 3 rings (SSSR count). The Morgan fingerprint density at radius 1 is 1.37 bits per heavy atom. The molecule has 27 heavy (non-hydrogen) atoms. The van der Waals surface area contributed by atoms with E-state index in [0.29, 0.717) is 15.9 Å². The van der Waals surface area contributed by atoms with Crippen molar-refractivity contribution < 1.29 is 18.7 Å². The molecule has 0 fully saturated rings. The van der Waals surface area contributed by atoms with Gasteiger partial charge in [-0.25, -0.2) is 9.18 Å². The third kappa shape index (κ3) is 3.69. The van der Waals surface area contributed by atoms with Crippen LogP contribution in [0.2, 0.25) is 0 Å². The summed E-state index contributed by atoms with van der Waals surface area (Å²) in [5.41, 5.74) is -0.629. The van der Waals surface area contributed by atoms with Gasteiger partial charge in [0.1, 0.15) is 23.0 Å². The Hall–Kier alpha value is -2.40. The maximum atomic E-state index is 14.2. The molecule has 2 aromatic heterocycles. The minimum atomic E-state index is -1.28. The van der Waals surface area contributed by atoms with Crippen molar-refractivity contribution in [3.8, 4) is 0 Å². The van der Waals surface area contributed by atoms with Gasteiger partial charge in [-0.05, 0) is 61.0 Å². The van der Waals surface area contributed by atoms with Crippen LogP contribution in [0.5, 0.6) is 0 Å². The fourth-order valence-electron chi connectivity index (χ4n) is 2.80. The average molecular weight is 485 g/mol. The average Bonchev–Trinajstić information content (AvgIpc) is 2.96. The number of aromatic nitrogens is 1. The topological polar surface area (TPSA) is 87.7 Å². The van der Waals surface area contributed by atoms with Gasteiger partial charge in [-0.1, -0.05) is 0 Å². The van der Waals surface area contributed by atoms with Crippen LogP contribution in [0, 0.1) is 9.39 Å². The minimum absolute atomic E-state index is 0.0316. The number of carboxylic acid groups (broad SMARTS) is 1. The zero-order chi connectivity index (χ0) is 19.9. The summed E-state index contributed by atoms with van der Waals surface area (Å²) < 4.78 is 21.7. The third-order valence-electron chi connectivity index (χ3n) is 3.99. The molecule has 0 aliphatic heterocycles. The van der Waals surface area contributed by atoms with Gasteiger partial charge in [0, 0.05) is 10.6 Å². The zero-order valence-electron chi connectivity index (χ0n) is 14.8. The number of nitrogens with one attached hydrogen (secondary N) is 1. The smallest absolute Gasteiger partial charge is 0.343 e. The van der Waals surface area contributed by atoms with Gasteiger partial charge in [-0.2, -0.15) is 0 Å². The highest BCUT2D eigenvalue weighted by Gasteiger charge is 2.25.